The van der Waals surface area contributed by atoms with E-state index in [0.29, 0.717) is 23.6 Å². The zero-order valence-corrected chi connectivity index (χ0v) is 19.7. The van der Waals surface area contributed by atoms with Crippen LogP contribution in [-0.4, -0.2) is 42.8 Å². The molecule has 33 heavy (non-hydrogen) atoms. The van der Waals surface area contributed by atoms with Crippen LogP contribution in [-0.2, 0) is 6.42 Å². The van der Waals surface area contributed by atoms with Gasteiger partial charge in [-0.15, -0.1) is 11.8 Å². The van der Waals surface area contributed by atoms with Crippen molar-refractivity contribution in [3.8, 4) is 11.5 Å². The molecule has 1 aliphatic heterocycles. The van der Waals surface area contributed by atoms with E-state index in [2.05, 4.69) is 53.7 Å². The van der Waals surface area contributed by atoms with Crippen molar-refractivity contribution in [3.05, 3.63) is 89.1 Å². The van der Waals surface area contributed by atoms with Gasteiger partial charge in [0.25, 0.3) is 5.91 Å². The van der Waals surface area contributed by atoms with Crippen molar-refractivity contribution in [2.75, 3.05) is 27.0 Å². The lowest BCUT2D eigenvalue weighted by atomic mass is 9.91. The second-order valence-electron chi connectivity index (χ2n) is 8.06. The summed E-state index contributed by atoms with van der Waals surface area (Å²) >= 11 is 1.71. The molecule has 1 atom stereocenters. The normalized spacial score (nSPS) is 15.4. The van der Waals surface area contributed by atoms with Crippen molar-refractivity contribution in [1.29, 1.82) is 0 Å². The third-order valence-electron chi connectivity index (χ3n) is 6.36. The number of carbonyl (C=O) groups excluding carboxylic acids is 1. The number of thioether (sulfide) groups is 1. The molecule has 0 bridgehead atoms. The first-order chi connectivity index (χ1) is 16.1. The highest BCUT2D eigenvalue weighted by Crippen LogP contribution is 2.40. The van der Waals surface area contributed by atoms with E-state index >= 15 is 0 Å². The maximum absolute atomic E-state index is 13.8. The van der Waals surface area contributed by atoms with Crippen LogP contribution in [0.3, 0.4) is 0 Å². The Labute approximate surface area is 197 Å². The van der Waals surface area contributed by atoms with Crippen molar-refractivity contribution in [3.63, 3.8) is 0 Å². The maximum atomic E-state index is 13.8. The lowest BCUT2D eigenvalue weighted by molar-refractivity contribution is 0.0691. The molecule has 1 N–H and O–H groups in total. The average molecular weight is 459 g/mol. The largest absolute Gasteiger partial charge is 0.493 e. The zero-order chi connectivity index (χ0) is 22.9. The minimum absolute atomic E-state index is 0.0285. The zero-order valence-electron chi connectivity index (χ0n) is 18.9. The molecule has 0 aliphatic carbocycles. The van der Waals surface area contributed by atoms with Crippen LogP contribution < -0.4 is 9.47 Å². The summed E-state index contributed by atoms with van der Waals surface area (Å²) in [6, 6.07) is 22.0. The summed E-state index contributed by atoms with van der Waals surface area (Å²) in [6.45, 7) is 0.636. The quantitative estimate of drug-likeness (QED) is 0.390. The first-order valence-electron chi connectivity index (χ1n) is 10.9. The van der Waals surface area contributed by atoms with Gasteiger partial charge in [-0.25, -0.2) is 0 Å². The third kappa shape index (κ3) is 3.74. The molecule has 3 aromatic carbocycles. The molecule has 1 aromatic heterocycles. The van der Waals surface area contributed by atoms with E-state index in [1.54, 1.807) is 44.2 Å². The summed E-state index contributed by atoms with van der Waals surface area (Å²) in [5.41, 5.74) is 5.16. The minimum atomic E-state index is -0.197. The van der Waals surface area contributed by atoms with Gasteiger partial charge in [0.05, 0.1) is 20.3 Å². The number of ether oxygens (including phenoxy) is 2. The first kappa shape index (κ1) is 21.5. The van der Waals surface area contributed by atoms with Crippen LogP contribution in [0.5, 0.6) is 11.5 Å². The lowest BCUT2D eigenvalue weighted by Crippen LogP contribution is -2.40. The van der Waals surface area contributed by atoms with Crippen molar-refractivity contribution in [1.82, 2.24) is 9.88 Å². The number of aromatic nitrogens is 1. The van der Waals surface area contributed by atoms with E-state index in [1.165, 1.54) is 15.8 Å². The van der Waals surface area contributed by atoms with Gasteiger partial charge in [0, 0.05) is 33.6 Å². The molecule has 5 rings (SSSR count). The Morgan fingerprint density at radius 1 is 1.00 bits per heavy atom. The van der Waals surface area contributed by atoms with E-state index in [1.807, 2.05) is 11.0 Å². The highest BCUT2D eigenvalue weighted by Gasteiger charge is 2.35. The monoisotopic (exact) mass is 458 g/mol. The number of amides is 1. The molecule has 5 nitrogen and oxygen atoms in total. The van der Waals surface area contributed by atoms with Crippen molar-refractivity contribution < 1.29 is 14.3 Å². The number of fused-ring (bicyclic) bond motifs is 3. The summed E-state index contributed by atoms with van der Waals surface area (Å²) in [5, 5.41) is 1.23. The molecule has 0 spiro atoms. The molecule has 4 aromatic rings. The van der Waals surface area contributed by atoms with E-state index in [-0.39, 0.29) is 11.9 Å². The van der Waals surface area contributed by atoms with E-state index in [9.17, 15) is 4.79 Å². The number of rotatable bonds is 5. The van der Waals surface area contributed by atoms with Gasteiger partial charge in [0.15, 0.2) is 11.5 Å². The van der Waals surface area contributed by atoms with Crippen molar-refractivity contribution in [2.24, 2.45) is 0 Å². The Hall–Kier alpha value is -3.38. The molecule has 0 saturated carbocycles. The van der Waals surface area contributed by atoms with Crippen LogP contribution in [0.25, 0.3) is 10.9 Å². The van der Waals surface area contributed by atoms with Crippen LogP contribution in [0.4, 0.5) is 0 Å². The second kappa shape index (κ2) is 8.87. The number of nitrogens with zero attached hydrogens (tertiary/aromatic N) is 1. The fraction of sp³-hybridized carbons (Fsp3) is 0.222. The summed E-state index contributed by atoms with van der Waals surface area (Å²) in [4.78, 5) is 20.6. The van der Waals surface area contributed by atoms with Crippen LogP contribution in [0.2, 0.25) is 0 Å². The van der Waals surface area contributed by atoms with Crippen LogP contribution in [0.15, 0.2) is 71.6 Å². The molecular weight excluding hydrogens is 432 g/mol. The van der Waals surface area contributed by atoms with E-state index in [4.69, 9.17) is 9.47 Å². The molecule has 2 heterocycles. The standard InChI is InChI=1S/C27H26N2O3S/c1-31-23-13-10-18(16-24(23)32-2)27(30)29-15-14-21-20-6-4-5-7-22(20)28-25(21)26(29)17-8-11-19(33-3)12-9-17/h4-13,16,26,28H,14-15H2,1-3H3/t26-/m1/s1. The molecule has 0 radical (unpaired) electrons. The fourth-order valence-corrected chi connectivity index (χ4v) is 5.14. The SMILES string of the molecule is COc1ccc(C(=O)N2CCc3c([nH]c4ccccc34)[C@H]2c2ccc(SC)cc2)cc1OC. The van der Waals surface area contributed by atoms with Gasteiger partial charge < -0.3 is 19.4 Å². The topological polar surface area (TPSA) is 54.6 Å². The van der Waals surface area contributed by atoms with Crippen LogP contribution in [0, 0.1) is 0 Å². The number of benzene rings is 3. The Kier molecular flexibility index (Phi) is 5.77. The van der Waals surface area contributed by atoms with Crippen LogP contribution in [0.1, 0.15) is 33.2 Å². The molecule has 0 unspecified atom stereocenters. The lowest BCUT2D eigenvalue weighted by Gasteiger charge is -2.36. The number of methoxy groups -OCH3 is 2. The van der Waals surface area contributed by atoms with Gasteiger partial charge in [-0.05, 0) is 60.2 Å². The average Bonchev–Trinajstić information content (AvgIpc) is 3.26. The summed E-state index contributed by atoms with van der Waals surface area (Å²) < 4.78 is 10.8. The number of hydrogen-bond acceptors (Lipinski definition) is 4. The molecule has 0 fully saturated rings. The summed E-state index contributed by atoms with van der Waals surface area (Å²) in [7, 11) is 3.18. The Bertz CT molecular complexity index is 1310. The minimum Gasteiger partial charge on any atom is -0.493 e. The molecule has 1 amide bonds. The van der Waals surface area contributed by atoms with E-state index < -0.39 is 0 Å². The van der Waals surface area contributed by atoms with Gasteiger partial charge in [-0.3, -0.25) is 4.79 Å². The summed E-state index contributed by atoms with van der Waals surface area (Å²) in [6.07, 6.45) is 2.87. The molecule has 1 aliphatic rings. The number of hydrogen-bond donors (Lipinski definition) is 1. The molecule has 0 saturated heterocycles. The molecule has 6 heteroatoms. The van der Waals surface area contributed by atoms with Crippen LogP contribution >= 0.6 is 11.8 Å². The Morgan fingerprint density at radius 3 is 2.48 bits per heavy atom. The Morgan fingerprint density at radius 2 is 1.76 bits per heavy atom. The van der Waals surface area contributed by atoms with Gasteiger partial charge in [-0.1, -0.05) is 30.3 Å². The number of aromatic amines is 1. The summed E-state index contributed by atoms with van der Waals surface area (Å²) in [5.74, 6) is 1.13. The van der Waals surface area contributed by atoms with Crippen molar-refractivity contribution in [2.45, 2.75) is 17.4 Å². The van der Waals surface area contributed by atoms with Gasteiger partial charge in [0.2, 0.25) is 0 Å². The highest BCUT2D eigenvalue weighted by atomic mass is 32.2. The Balaban J connectivity index is 1.62. The third-order valence-corrected chi connectivity index (χ3v) is 7.10. The fourth-order valence-electron chi connectivity index (χ4n) is 4.73. The number of para-hydroxylation sites is 1. The maximum Gasteiger partial charge on any atom is 0.254 e. The molecule has 168 valence electrons. The number of nitrogens with one attached hydrogen (secondary N) is 1. The predicted octanol–water partition coefficient (Wildman–Crippen LogP) is 5.69. The number of carbonyl (C=O) groups is 1. The van der Waals surface area contributed by atoms with Crippen molar-refractivity contribution >= 4 is 28.6 Å². The van der Waals surface area contributed by atoms with Gasteiger partial charge in [-0.2, -0.15) is 0 Å². The second-order valence-corrected chi connectivity index (χ2v) is 8.94. The number of H-pyrrole nitrogens is 1. The predicted molar refractivity (Wildman–Crippen MR) is 133 cm³/mol. The first-order valence-corrected chi connectivity index (χ1v) is 12.1. The van der Waals surface area contributed by atoms with E-state index in [0.717, 1.165) is 23.2 Å². The van der Waals surface area contributed by atoms with Gasteiger partial charge in [0.1, 0.15) is 0 Å². The highest BCUT2D eigenvalue weighted by molar-refractivity contribution is 7.98. The van der Waals surface area contributed by atoms with Gasteiger partial charge >= 0.3 is 0 Å². The smallest absolute Gasteiger partial charge is 0.254 e. The molecular formula is C27H26N2O3S.